The maximum absolute atomic E-state index is 15.4. The Morgan fingerprint density at radius 1 is 0.588 bits per heavy atom. The second-order valence-electron chi connectivity index (χ2n) is 25.6. The molecule has 3 aromatic carbocycles. The molecule has 2 aliphatic rings. The van der Waals surface area contributed by atoms with Crippen molar-refractivity contribution in [3.63, 3.8) is 0 Å². The van der Waals surface area contributed by atoms with Crippen molar-refractivity contribution in [1.29, 1.82) is 0 Å². The summed E-state index contributed by atoms with van der Waals surface area (Å²) in [6.07, 6.45) is 5.97. The van der Waals surface area contributed by atoms with Crippen molar-refractivity contribution < 1.29 is 80.4 Å². The van der Waals surface area contributed by atoms with Gasteiger partial charge < -0.3 is 80.0 Å². The van der Waals surface area contributed by atoms with Crippen molar-refractivity contribution in [2.24, 2.45) is 22.5 Å². The summed E-state index contributed by atoms with van der Waals surface area (Å²) in [4.78, 5) is 154. The minimum Gasteiger partial charge on any atom is -0.480 e. The highest BCUT2D eigenvalue weighted by Crippen LogP contribution is 2.33. The number of carboxylic acids is 1. The van der Waals surface area contributed by atoms with Gasteiger partial charge in [0.25, 0.3) is 0 Å². The van der Waals surface area contributed by atoms with Gasteiger partial charge in [0.15, 0.2) is 11.5 Å². The van der Waals surface area contributed by atoms with Gasteiger partial charge in [0, 0.05) is 58.5 Å². The molecule has 1 saturated carbocycles. The summed E-state index contributed by atoms with van der Waals surface area (Å²) < 4.78 is 46.9. The number of primary sulfonamides is 1. The first-order chi connectivity index (χ1) is 48.9. The molecule has 9 amide bonds. The highest BCUT2D eigenvalue weighted by atomic mass is 32.2. The fraction of sp³-hybridized carbons (Fsp3) is 0.600. The number of fused-ring (bicyclic) bond motifs is 1. The van der Waals surface area contributed by atoms with E-state index in [2.05, 4.69) is 23.3 Å². The van der Waals surface area contributed by atoms with E-state index < -0.39 is 122 Å². The van der Waals surface area contributed by atoms with Crippen LogP contribution in [0.5, 0.6) is 11.5 Å². The lowest BCUT2D eigenvalue weighted by atomic mass is 9.94. The number of carbonyl (C=O) groups is 10. The molecule has 0 spiro atoms. The molecular weight excluding hydrogens is 1360 g/mol. The van der Waals surface area contributed by atoms with Crippen LogP contribution in [0.25, 0.3) is 0 Å². The van der Waals surface area contributed by atoms with E-state index >= 15 is 19.2 Å². The van der Waals surface area contributed by atoms with Crippen LogP contribution in [0.3, 0.4) is 0 Å². The number of nitrogens with two attached hydrogens (primary N) is 3. The lowest BCUT2D eigenvalue weighted by molar-refractivity contribution is -0.151. The van der Waals surface area contributed by atoms with E-state index in [0.29, 0.717) is 74.2 Å². The van der Waals surface area contributed by atoms with Crippen molar-refractivity contribution in [3.8, 4) is 11.5 Å². The van der Waals surface area contributed by atoms with E-state index in [1.807, 2.05) is 37.3 Å². The van der Waals surface area contributed by atoms with Gasteiger partial charge in [0.05, 0.1) is 50.9 Å². The molecule has 566 valence electrons. The molecule has 32 heteroatoms. The molecule has 5 rings (SSSR count). The second kappa shape index (κ2) is 45.2. The number of hydrogen-bond acceptors (Lipinski definition) is 20. The first kappa shape index (κ1) is 84.7. The Kier molecular flexibility index (Phi) is 37.5. The van der Waals surface area contributed by atoms with Gasteiger partial charge in [-0.2, -0.15) is 12.6 Å². The summed E-state index contributed by atoms with van der Waals surface area (Å²) in [5.74, 6) is -6.23. The normalized spacial score (nSPS) is 13.0. The Balaban J connectivity index is 1.49. The minimum atomic E-state index is -4.09. The number of carbonyl (C=O) groups excluding carboxylic acids is 9. The van der Waals surface area contributed by atoms with Crippen molar-refractivity contribution in [2.45, 2.75) is 128 Å². The SMILES string of the molecule is CCOCNCC(=O)N(CCc1ccccc1)CC(=O)N(CC(=O)N(CCCCN)CC(=O)N(CC(=O)N(CCc1ccc(S(N)(=O)=O)cc1)CC(=O)N(CC(=O)N(COCC)CC(=O)N(CCCCN)CC(=O)NC(CCS)C(=O)O)CC(C)C)Cc1ccc2c(c1)OCO2)C1CCCCC1. The first-order valence-corrected chi connectivity index (χ1v) is 37.2. The van der Waals surface area contributed by atoms with Gasteiger partial charge in [0.1, 0.15) is 32.4 Å². The van der Waals surface area contributed by atoms with Crippen molar-refractivity contribution in [2.75, 3.05) is 144 Å². The van der Waals surface area contributed by atoms with Crippen molar-refractivity contribution >= 4 is 81.8 Å². The Morgan fingerprint density at radius 2 is 1.10 bits per heavy atom. The maximum atomic E-state index is 15.4. The van der Waals surface area contributed by atoms with E-state index in [-0.39, 0.29) is 127 Å². The molecule has 3 aromatic rings. The lowest BCUT2D eigenvalue weighted by Gasteiger charge is -2.37. The summed E-state index contributed by atoms with van der Waals surface area (Å²) in [6.45, 7) is 3.18. The number of aliphatic carboxylic acids is 1. The second-order valence-corrected chi connectivity index (χ2v) is 27.6. The number of benzene rings is 3. The van der Waals surface area contributed by atoms with Gasteiger partial charge in [-0.15, -0.1) is 0 Å². The molecule has 0 radical (unpaired) electrons. The highest BCUT2D eigenvalue weighted by molar-refractivity contribution is 7.89. The summed E-state index contributed by atoms with van der Waals surface area (Å²) in [5.41, 5.74) is 13.7. The summed E-state index contributed by atoms with van der Waals surface area (Å²) in [6, 6.07) is 18.5. The quantitative estimate of drug-likeness (QED) is 0.0240. The molecule has 1 aliphatic carbocycles. The number of nitrogens with zero attached hydrogens (tertiary/aromatic N) is 8. The molecule has 9 N–H and O–H groups in total. The number of sulfonamides is 1. The largest absolute Gasteiger partial charge is 0.480 e. The smallest absolute Gasteiger partial charge is 0.326 e. The van der Waals surface area contributed by atoms with Crippen LogP contribution in [0, 0.1) is 5.92 Å². The predicted octanol–water partition coefficient (Wildman–Crippen LogP) is 1.61. The van der Waals surface area contributed by atoms with Crippen LogP contribution >= 0.6 is 12.6 Å². The minimum absolute atomic E-state index is 0.0145. The van der Waals surface area contributed by atoms with Crippen LogP contribution in [0.1, 0.15) is 109 Å². The maximum Gasteiger partial charge on any atom is 0.326 e. The van der Waals surface area contributed by atoms with E-state index in [4.69, 9.17) is 35.6 Å². The number of hydrogen-bond donors (Lipinski definition) is 7. The van der Waals surface area contributed by atoms with Gasteiger partial charge in [-0.05, 0) is 137 Å². The number of unbranched alkanes of at least 4 members (excludes halogenated alkanes) is 2. The average molecular weight is 1470 g/mol. The topological polar surface area (TPSA) is 390 Å². The molecule has 30 nitrogen and oxygen atoms in total. The van der Waals surface area contributed by atoms with Crippen LogP contribution in [0.4, 0.5) is 0 Å². The fourth-order valence-electron chi connectivity index (χ4n) is 11.5. The third kappa shape index (κ3) is 29.8. The van der Waals surface area contributed by atoms with Gasteiger partial charge >= 0.3 is 5.97 Å². The van der Waals surface area contributed by atoms with Crippen LogP contribution in [-0.4, -0.2) is 268 Å². The Hall–Kier alpha value is -7.98. The molecule has 1 fully saturated rings. The molecule has 1 aliphatic heterocycles. The van der Waals surface area contributed by atoms with Crippen molar-refractivity contribution in [3.05, 3.63) is 89.5 Å². The third-order valence-corrected chi connectivity index (χ3v) is 18.4. The Labute approximate surface area is 604 Å². The zero-order chi connectivity index (χ0) is 74.6. The summed E-state index contributed by atoms with van der Waals surface area (Å²) >= 11 is 4.10. The molecule has 0 bridgehead atoms. The summed E-state index contributed by atoms with van der Waals surface area (Å²) in [5, 5.41) is 20.5. The third-order valence-electron chi connectivity index (χ3n) is 17.2. The zero-order valence-electron chi connectivity index (χ0n) is 59.6. The monoisotopic (exact) mass is 1470 g/mol. The van der Waals surface area contributed by atoms with Crippen LogP contribution in [-0.2, 0) is 86.8 Å². The Morgan fingerprint density at radius 3 is 1.69 bits per heavy atom. The number of thiol groups is 1. The zero-order valence-corrected chi connectivity index (χ0v) is 61.3. The number of carboxylic acid groups (broad SMARTS) is 1. The van der Waals surface area contributed by atoms with Crippen molar-refractivity contribution in [1.82, 2.24) is 49.8 Å². The standard InChI is InChI=1S/C70H107N13O17S2/c1-5-97-49-74-38-62(85)78(34-27-53-17-9-7-10-18-53)47-69(92)83(56-19-11-8-12-20-56)48-68(91)77(33-16-14-31-72)42-66(89)81(40-55-23-26-59-60(37-55)100-51-99-59)44-63(86)79(35-28-54-21-24-57(25-22-54)102(73,95)96)43-65(88)80(39-52(3)4)45-67(90)82(50-98-6-2)46-64(87)76(32-15-13-30-71)41-61(84)75-58(29-36-101)70(93)94/h7,9-10,17-18,21-26,37,52,56,58,74,101H,5-6,8,11-16,19-20,27-36,38-51,71-72H2,1-4H3,(H,75,84)(H,93,94)(H2,73,95,96). The number of ether oxygens (including phenoxy) is 4. The van der Waals surface area contributed by atoms with Gasteiger partial charge in [-0.1, -0.05) is 81.6 Å². The lowest BCUT2D eigenvalue weighted by Crippen LogP contribution is -2.54. The molecule has 102 heavy (non-hydrogen) atoms. The average Bonchev–Trinajstić information content (AvgIpc) is 1.21. The van der Waals surface area contributed by atoms with Crippen LogP contribution in [0.2, 0.25) is 0 Å². The van der Waals surface area contributed by atoms with E-state index in [1.165, 1.54) is 58.6 Å². The highest BCUT2D eigenvalue weighted by Gasteiger charge is 2.35. The first-order valence-electron chi connectivity index (χ1n) is 35.1. The molecule has 1 unspecified atom stereocenters. The van der Waals surface area contributed by atoms with Gasteiger partial charge in [-0.25, -0.2) is 18.4 Å². The van der Waals surface area contributed by atoms with E-state index in [0.717, 1.165) is 29.7 Å². The molecular formula is C70H107N13O17S2. The Bertz CT molecular complexity index is 3300. The number of nitrogens with one attached hydrogen (secondary N) is 2. The fourth-order valence-corrected chi connectivity index (χ4v) is 12.3. The number of amides is 9. The molecule has 0 aromatic heterocycles. The van der Waals surface area contributed by atoms with E-state index in [1.54, 1.807) is 39.0 Å². The molecule has 1 atom stereocenters. The molecule has 0 saturated heterocycles. The predicted molar refractivity (Wildman–Crippen MR) is 383 cm³/mol. The van der Waals surface area contributed by atoms with Gasteiger partial charge in [-0.3, -0.25) is 48.5 Å². The van der Waals surface area contributed by atoms with Gasteiger partial charge in [0.2, 0.25) is 70.0 Å². The number of rotatable bonds is 48. The summed E-state index contributed by atoms with van der Waals surface area (Å²) in [7, 11) is -4.09. The van der Waals surface area contributed by atoms with E-state index in [9.17, 15) is 42.3 Å². The van der Waals surface area contributed by atoms with Crippen LogP contribution in [0.15, 0.2) is 77.7 Å². The molecule has 1 heterocycles. The van der Waals surface area contributed by atoms with Crippen LogP contribution < -0.4 is 36.7 Å².